The fraction of sp³-hybridized carbons (Fsp3) is 0.450. The first-order valence-electron chi connectivity index (χ1n) is 15.5. The zero-order valence-electron chi connectivity index (χ0n) is 27.9. The van der Waals surface area contributed by atoms with Crippen molar-refractivity contribution in [2.75, 3.05) is 0 Å². The quantitative estimate of drug-likeness (QED) is 0.257. The molecule has 2 N–H and O–H groups in total. The molecule has 0 radical (unpaired) electrons. The zero-order valence-corrected chi connectivity index (χ0v) is 27.9. The monoisotopic (exact) mass is 568 g/mol. The van der Waals surface area contributed by atoms with E-state index in [1.807, 2.05) is 0 Å². The summed E-state index contributed by atoms with van der Waals surface area (Å²) >= 11 is 0. The lowest BCUT2D eigenvalue weighted by atomic mass is 9.71. The molecule has 42 heavy (non-hydrogen) atoms. The molecular weight excluding hydrogens is 512 g/mol. The van der Waals surface area contributed by atoms with Crippen LogP contribution in [0.15, 0.2) is 130 Å². The summed E-state index contributed by atoms with van der Waals surface area (Å²) in [5.74, 6) is 0.199. The van der Waals surface area contributed by atoms with E-state index in [0.717, 1.165) is 19.3 Å². The van der Waals surface area contributed by atoms with Crippen molar-refractivity contribution in [3.63, 3.8) is 0 Å². The van der Waals surface area contributed by atoms with Crippen LogP contribution in [0.1, 0.15) is 88.5 Å². The molecule has 0 fully saturated rings. The van der Waals surface area contributed by atoms with Crippen molar-refractivity contribution < 1.29 is 10.2 Å². The van der Waals surface area contributed by atoms with Crippen LogP contribution in [-0.2, 0) is 0 Å². The molecule has 0 saturated heterocycles. The van der Waals surface area contributed by atoms with Crippen LogP contribution in [-0.4, -0.2) is 22.4 Å². The molecule has 0 heterocycles. The summed E-state index contributed by atoms with van der Waals surface area (Å²) in [5.41, 5.74) is 8.71. The third-order valence-electron chi connectivity index (χ3n) is 8.33. The minimum atomic E-state index is -0.254. The van der Waals surface area contributed by atoms with Crippen LogP contribution in [0.3, 0.4) is 0 Å². The highest BCUT2D eigenvalue weighted by atomic mass is 16.3. The third-order valence-corrected chi connectivity index (χ3v) is 8.33. The molecular formula is C40H56O2. The number of hydrogen-bond donors (Lipinski definition) is 2. The Bertz CT molecular complexity index is 1270. The Morgan fingerprint density at radius 3 is 1.69 bits per heavy atom. The first-order valence-corrected chi connectivity index (χ1v) is 15.5. The predicted molar refractivity (Wildman–Crippen MR) is 184 cm³/mol. The summed E-state index contributed by atoms with van der Waals surface area (Å²) in [5, 5.41) is 20.3. The van der Waals surface area contributed by atoms with Gasteiger partial charge in [0.1, 0.15) is 0 Å². The maximum absolute atomic E-state index is 10.2. The predicted octanol–water partition coefficient (Wildman–Crippen LogP) is 10.4. The molecule has 2 aliphatic rings. The van der Waals surface area contributed by atoms with Crippen molar-refractivity contribution in [1.82, 2.24) is 0 Å². The van der Waals surface area contributed by atoms with Gasteiger partial charge < -0.3 is 10.2 Å². The standard InChI is InChI=1S/C40H56O2/c1-29(17-13-19-31(3)21-23-35-25-34(6)38(42)28-39(35,7)8)15-11-12-16-30(2)18-14-20-32(4)22-24-37-33(5)26-36(41)27-40(37,9)10/h11-25,34,36,38,41-42H,26-28H2,1-10H3/b12-11+,17-13+,18-14+,23-21+,24-22+,29-15+,30-16+,31-19+,32-20+/t34?,36-,38?/m0/s1. The first-order chi connectivity index (χ1) is 19.6. The fourth-order valence-electron chi connectivity index (χ4n) is 5.68. The van der Waals surface area contributed by atoms with Gasteiger partial charge in [-0.05, 0) is 75.9 Å². The highest BCUT2D eigenvalue weighted by Crippen LogP contribution is 2.41. The second kappa shape index (κ2) is 16.1. The van der Waals surface area contributed by atoms with Gasteiger partial charge in [-0.1, -0.05) is 154 Å². The summed E-state index contributed by atoms with van der Waals surface area (Å²) in [6, 6.07) is 0. The first kappa shape index (κ1) is 35.3. The minimum absolute atomic E-state index is 0.00428. The van der Waals surface area contributed by atoms with Gasteiger partial charge in [-0.15, -0.1) is 0 Å². The molecule has 2 unspecified atom stereocenters. The topological polar surface area (TPSA) is 40.5 Å². The van der Waals surface area contributed by atoms with Crippen molar-refractivity contribution in [2.45, 2.75) is 101 Å². The Balaban J connectivity index is 1.90. The van der Waals surface area contributed by atoms with Gasteiger partial charge >= 0.3 is 0 Å². The highest BCUT2D eigenvalue weighted by molar-refractivity contribution is 5.38. The number of hydrogen-bond acceptors (Lipinski definition) is 2. The molecule has 228 valence electrons. The number of aliphatic hydroxyl groups excluding tert-OH is 2. The SMILES string of the molecule is CC1=C(/C=C/C(C)=C/C=C/C(C)=C/C=C/C=C(C)/C=C/C=C(C)/C=C/C2=CC(C)C(O)CC2(C)C)C(C)(C)C[C@@H](O)C1. The molecule has 2 aliphatic carbocycles. The highest BCUT2D eigenvalue weighted by Gasteiger charge is 2.32. The molecule has 0 aromatic rings. The van der Waals surface area contributed by atoms with Gasteiger partial charge in [0.25, 0.3) is 0 Å². The molecule has 3 atom stereocenters. The molecule has 0 aromatic carbocycles. The Kier molecular flexibility index (Phi) is 13.5. The van der Waals surface area contributed by atoms with Crippen LogP contribution in [0.4, 0.5) is 0 Å². The normalized spacial score (nSPS) is 26.6. The molecule has 2 rings (SSSR count). The lowest BCUT2D eigenvalue weighted by molar-refractivity contribution is 0.0847. The van der Waals surface area contributed by atoms with E-state index in [-0.39, 0.29) is 29.0 Å². The summed E-state index contributed by atoms with van der Waals surface area (Å²) in [4.78, 5) is 0. The molecule has 0 bridgehead atoms. The fourth-order valence-corrected chi connectivity index (χ4v) is 5.68. The van der Waals surface area contributed by atoms with Gasteiger partial charge in [0, 0.05) is 5.92 Å². The molecule has 0 amide bonds. The Morgan fingerprint density at radius 2 is 1.17 bits per heavy atom. The van der Waals surface area contributed by atoms with Crippen molar-refractivity contribution >= 4 is 0 Å². The van der Waals surface area contributed by atoms with E-state index in [0.29, 0.717) is 0 Å². The van der Waals surface area contributed by atoms with E-state index in [9.17, 15) is 10.2 Å². The average Bonchev–Trinajstić information content (AvgIpc) is 2.86. The molecule has 0 saturated carbocycles. The minimum Gasteiger partial charge on any atom is -0.393 e. The zero-order chi connectivity index (χ0) is 31.5. The summed E-state index contributed by atoms with van der Waals surface area (Å²) in [6.07, 6.45) is 34.0. The molecule has 0 aliphatic heterocycles. The van der Waals surface area contributed by atoms with E-state index < -0.39 is 0 Å². The largest absolute Gasteiger partial charge is 0.393 e. The second-order valence-corrected chi connectivity index (χ2v) is 13.7. The molecule has 0 spiro atoms. The average molecular weight is 569 g/mol. The maximum Gasteiger partial charge on any atom is 0.0608 e. The number of rotatable bonds is 10. The number of aliphatic hydroxyl groups is 2. The van der Waals surface area contributed by atoms with Crippen molar-refractivity contribution in [2.24, 2.45) is 16.7 Å². The van der Waals surface area contributed by atoms with Crippen molar-refractivity contribution in [1.29, 1.82) is 0 Å². The van der Waals surface area contributed by atoms with E-state index in [2.05, 4.69) is 160 Å². The van der Waals surface area contributed by atoms with E-state index >= 15 is 0 Å². The van der Waals surface area contributed by atoms with Crippen LogP contribution in [0.2, 0.25) is 0 Å². The molecule has 2 nitrogen and oxygen atoms in total. The maximum atomic E-state index is 10.2. The number of allylic oxidation sites excluding steroid dienone is 20. The summed E-state index contributed by atoms with van der Waals surface area (Å²) in [7, 11) is 0. The summed E-state index contributed by atoms with van der Waals surface area (Å²) in [6.45, 7) is 21.5. The third kappa shape index (κ3) is 11.7. The smallest absolute Gasteiger partial charge is 0.0608 e. The summed E-state index contributed by atoms with van der Waals surface area (Å²) < 4.78 is 0. The molecule has 2 heteroatoms. The second-order valence-electron chi connectivity index (χ2n) is 13.7. The van der Waals surface area contributed by atoms with Gasteiger partial charge in [-0.25, -0.2) is 0 Å². The van der Waals surface area contributed by atoms with Crippen molar-refractivity contribution in [3.8, 4) is 0 Å². The van der Waals surface area contributed by atoms with Gasteiger partial charge in [-0.2, -0.15) is 0 Å². The van der Waals surface area contributed by atoms with Crippen molar-refractivity contribution in [3.05, 3.63) is 130 Å². The van der Waals surface area contributed by atoms with Crippen LogP contribution in [0, 0.1) is 16.7 Å². The van der Waals surface area contributed by atoms with Crippen LogP contribution in [0.5, 0.6) is 0 Å². The van der Waals surface area contributed by atoms with E-state index in [1.165, 1.54) is 39.0 Å². The van der Waals surface area contributed by atoms with Crippen LogP contribution < -0.4 is 0 Å². The van der Waals surface area contributed by atoms with Gasteiger partial charge in [0.15, 0.2) is 0 Å². The Morgan fingerprint density at radius 1 is 0.690 bits per heavy atom. The van der Waals surface area contributed by atoms with Gasteiger partial charge in [0.05, 0.1) is 12.2 Å². The van der Waals surface area contributed by atoms with Crippen LogP contribution >= 0.6 is 0 Å². The Hall–Kier alpha value is -2.94. The van der Waals surface area contributed by atoms with E-state index in [1.54, 1.807) is 0 Å². The lowest BCUT2D eigenvalue weighted by Crippen LogP contribution is -2.31. The lowest BCUT2D eigenvalue weighted by Gasteiger charge is -2.36. The molecule has 0 aromatic heterocycles. The van der Waals surface area contributed by atoms with Crippen LogP contribution in [0.25, 0.3) is 0 Å². The van der Waals surface area contributed by atoms with Gasteiger partial charge in [-0.3, -0.25) is 0 Å². The Labute approximate surface area is 257 Å². The van der Waals surface area contributed by atoms with E-state index in [4.69, 9.17) is 0 Å². The van der Waals surface area contributed by atoms with Gasteiger partial charge in [0.2, 0.25) is 0 Å².